The predicted molar refractivity (Wildman–Crippen MR) is 72.0 cm³/mol. The van der Waals surface area contributed by atoms with E-state index in [2.05, 4.69) is 11.9 Å². The molecule has 0 radical (unpaired) electrons. The van der Waals surface area contributed by atoms with E-state index in [1.165, 1.54) is 0 Å². The first-order valence-corrected chi connectivity index (χ1v) is 8.32. The maximum absolute atomic E-state index is 12.1. The number of halogens is 1. The summed E-state index contributed by atoms with van der Waals surface area (Å²) in [6, 6.07) is 0.173. The lowest BCUT2D eigenvalue weighted by Crippen LogP contribution is -2.45. The Hall–Kier alpha value is 0.160. The molecule has 0 bridgehead atoms. The van der Waals surface area contributed by atoms with E-state index in [1.54, 1.807) is 11.4 Å². The van der Waals surface area contributed by atoms with Gasteiger partial charge in [0, 0.05) is 19.0 Å². The smallest absolute Gasteiger partial charge is 0.214 e. The molecule has 0 N–H and O–H groups in total. The Morgan fingerprint density at radius 1 is 1.29 bits per heavy atom. The summed E-state index contributed by atoms with van der Waals surface area (Å²) in [5.74, 6) is 0.760. The van der Waals surface area contributed by atoms with Crippen molar-refractivity contribution in [3.8, 4) is 0 Å². The molecule has 1 saturated heterocycles. The largest absolute Gasteiger partial charge is 0.306 e. The zero-order chi connectivity index (χ0) is 12.9. The van der Waals surface area contributed by atoms with Gasteiger partial charge in [-0.15, -0.1) is 11.6 Å². The van der Waals surface area contributed by atoms with Gasteiger partial charge in [0.25, 0.3) is 0 Å². The van der Waals surface area contributed by atoms with Crippen molar-refractivity contribution in [1.82, 2.24) is 9.21 Å². The Balaban J connectivity index is 2.47. The van der Waals surface area contributed by atoms with Crippen LogP contribution in [-0.4, -0.2) is 62.5 Å². The van der Waals surface area contributed by atoms with E-state index in [9.17, 15) is 8.42 Å². The molecular weight excluding hydrogens is 260 g/mol. The third-order valence-corrected chi connectivity index (χ3v) is 5.67. The van der Waals surface area contributed by atoms with Gasteiger partial charge in [0.2, 0.25) is 10.0 Å². The second-order valence-corrected chi connectivity index (χ2v) is 7.29. The lowest BCUT2D eigenvalue weighted by Gasteiger charge is -2.34. The number of likely N-dealkylation sites (tertiary alicyclic amines) is 1. The molecule has 1 aliphatic rings. The Bertz CT molecular complexity index is 313. The van der Waals surface area contributed by atoms with Crippen LogP contribution in [0.3, 0.4) is 0 Å². The zero-order valence-corrected chi connectivity index (χ0v) is 12.3. The Morgan fingerprint density at radius 3 is 2.41 bits per heavy atom. The van der Waals surface area contributed by atoms with Crippen LogP contribution in [0, 0.1) is 0 Å². The minimum absolute atomic E-state index is 0.173. The van der Waals surface area contributed by atoms with Gasteiger partial charge in [0.15, 0.2) is 0 Å². The fourth-order valence-electron chi connectivity index (χ4n) is 2.11. The molecule has 0 atom stereocenters. The van der Waals surface area contributed by atoms with Gasteiger partial charge in [-0.1, -0.05) is 0 Å². The van der Waals surface area contributed by atoms with Gasteiger partial charge >= 0.3 is 0 Å². The quantitative estimate of drug-likeness (QED) is 0.546. The highest BCUT2D eigenvalue weighted by molar-refractivity contribution is 7.89. The first-order valence-electron chi connectivity index (χ1n) is 6.17. The molecular formula is C11H23ClN2O2S. The van der Waals surface area contributed by atoms with E-state index in [0.29, 0.717) is 12.3 Å². The second-order valence-electron chi connectivity index (χ2n) is 4.76. The van der Waals surface area contributed by atoms with Gasteiger partial charge in [-0.05, 0) is 45.8 Å². The van der Waals surface area contributed by atoms with Gasteiger partial charge in [0.05, 0.1) is 5.75 Å². The van der Waals surface area contributed by atoms with Crippen LogP contribution in [0.4, 0.5) is 0 Å². The average Bonchev–Trinajstić information content (AvgIpc) is 2.29. The number of unbranched alkanes of at least 4 members (excludes halogenated alkanes) is 1. The standard InChI is InChI=1S/C11H23ClN2O2S/c1-13-8-5-11(6-9-13)14(2)17(15,16)10-4-3-7-12/h11H,3-10H2,1-2H3. The first-order chi connectivity index (χ1) is 7.97. The van der Waals surface area contributed by atoms with Crippen LogP contribution < -0.4 is 0 Å². The summed E-state index contributed by atoms with van der Waals surface area (Å²) in [5, 5.41) is 0. The zero-order valence-electron chi connectivity index (χ0n) is 10.7. The summed E-state index contributed by atoms with van der Waals surface area (Å²) < 4.78 is 25.7. The summed E-state index contributed by atoms with van der Waals surface area (Å²) in [6.45, 7) is 1.96. The van der Waals surface area contributed by atoms with Gasteiger partial charge in [-0.2, -0.15) is 0 Å². The van der Waals surface area contributed by atoms with Crippen LogP contribution in [0.1, 0.15) is 25.7 Å². The molecule has 0 saturated carbocycles. The van der Waals surface area contributed by atoms with Crippen molar-refractivity contribution in [2.45, 2.75) is 31.7 Å². The lowest BCUT2D eigenvalue weighted by atomic mass is 10.1. The molecule has 0 unspecified atom stereocenters. The fourth-order valence-corrected chi connectivity index (χ4v) is 3.82. The van der Waals surface area contributed by atoms with E-state index >= 15 is 0 Å². The highest BCUT2D eigenvalue weighted by Crippen LogP contribution is 2.18. The van der Waals surface area contributed by atoms with Crippen molar-refractivity contribution in [3.63, 3.8) is 0 Å². The van der Waals surface area contributed by atoms with Crippen molar-refractivity contribution in [2.24, 2.45) is 0 Å². The monoisotopic (exact) mass is 282 g/mol. The minimum atomic E-state index is -3.09. The maximum atomic E-state index is 12.1. The third-order valence-electron chi connectivity index (χ3n) is 3.43. The van der Waals surface area contributed by atoms with Crippen LogP contribution in [0.15, 0.2) is 0 Å². The molecule has 0 aromatic carbocycles. The number of sulfonamides is 1. The first kappa shape index (κ1) is 15.2. The SMILES string of the molecule is CN1CCC(N(C)S(=O)(=O)CCCCCl)CC1. The molecule has 1 heterocycles. The highest BCUT2D eigenvalue weighted by Gasteiger charge is 2.28. The number of hydrogen-bond donors (Lipinski definition) is 0. The van der Waals surface area contributed by atoms with Gasteiger partial charge in [0.1, 0.15) is 0 Å². The number of hydrogen-bond acceptors (Lipinski definition) is 3. The number of piperidine rings is 1. The molecule has 0 aromatic rings. The van der Waals surface area contributed by atoms with E-state index in [0.717, 1.165) is 32.4 Å². The molecule has 102 valence electrons. The number of alkyl halides is 1. The van der Waals surface area contributed by atoms with E-state index in [-0.39, 0.29) is 11.8 Å². The van der Waals surface area contributed by atoms with Crippen molar-refractivity contribution in [2.75, 3.05) is 38.8 Å². The average molecular weight is 283 g/mol. The Labute approximate surface area is 110 Å². The molecule has 1 aliphatic heterocycles. The van der Waals surface area contributed by atoms with Crippen molar-refractivity contribution >= 4 is 21.6 Å². The summed E-state index contributed by atoms with van der Waals surface area (Å²) in [4.78, 5) is 2.24. The molecule has 0 spiro atoms. The topological polar surface area (TPSA) is 40.6 Å². The number of nitrogens with zero attached hydrogens (tertiary/aromatic N) is 2. The van der Waals surface area contributed by atoms with Crippen LogP contribution in [0.5, 0.6) is 0 Å². The van der Waals surface area contributed by atoms with Gasteiger partial charge in [-0.3, -0.25) is 0 Å². The number of rotatable bonds is 6. The molecule has 6 heteroatoms. The fraction of sp³-hybridized carbons (Fsp3) is 1.00. The molecule has 0 aromatic heterocycles. The van der Waals surface area contributed by atoms with Crippen LogP contribution in [0.2, 0.25) is 0 Å². The molecule has 4 nitrogen and oxygen atoms in total. The van der Waals surface area contributed by atoms with Crippen LogP contribution in [-0.2, 0) is 10.0 Å². The summed E-state index contributed by atoms with van der Waals surface area (Å²) >= 11 is 5.56. The second kappa shape index (κ2) is 6.92. The molecule has 0 aliphatic carbocycles. The molecule has 1 fully saturated rings. The summed E-state index contributed by atoms with van der Waals surface area (Å²) in [6.07, 6.45) is 3.29. The Kier molecular flexibility index (Phi) is 6.20. The van der Waals surface area contributed by atoms with Crippen LogP contribution in [0.25, 0.3) is 0 Å². The van der Waals surface area contributed by atoms with Crippen molar-refractivity contribution < 1.29 is 8.42 Å². The Morgan fingerprint density at radius 2 is 1.88 bits per heavy atom. The highest BCUT2D eigenvalue weighted by atomic mass is 35.5. The normalized spacial score (nSPS) is 20.0. The van der Waals surface area contributed by atoms with Gasteiger partial charge < -0.3 is 4.90 Å². The molecule has 0 amide bonds. The van der Waals surface area contributed by atoms with Gasteiger partial charge in [-0.25, -0.2) is 12.7 Å². The van der Waals surface area contributed by atoms with E-state index in [1.807, 2.05) is 0 Å². The third kappa shape index (κ3) is 4.73. The minimum Gasteiger partial charge on any atom is -0.306 e. The van der Waals surface area contributed by atoms with Crippen molar-refractivity contribution in [1.29, 1.82) is 0 Å². The van der Waals surface area contributed by atoms with E-state index in [4.69, 9.17) is 11.6 Å². The maximum Gasteiger partial charge on any atom is 0.214 e. The summed E-state index contributed by atoms with van der Waals surface area (Å²) in [5.41, 5.74) is 0. The van der Waals surface area contributed by atoms with E-state index < -0.39 is 10.0 Å². The summed E-state index contributed by atoms with van der Waals surface area (Å²) in [7, 11) is 0.695. The lowest BCUT2D eigenvalue weighted by molar-refractivity contribution is 0.197. The predicted octanol–water partition coefficient (Wildman–Crippen LogP) is 1.36. The van der Waals surface area contributed by atoms with Crippen LogP contribution >= 0.6 is 11.6 Å². The molecule has 17 heavy (non-hydrogen) atoms. The van der Waals surface area contributed by atoms with Crippen molar-refractivity contribution in [3.05, 3.63) is 0 Å². The molecule has 1 rings (SSSR count).